The number of alkyl halides is 3. The number of hydrogen-bond donors (Lipinski definition) is 1. The van der Waals surface area contributed by atoms with Crippen molar-refractivity contribution in [2.24, 2.45) is 5.41 Å². The summed E-state index contributed by atoms with van der Waals surface area (Å²) < 4.78 is 38.5. The third kappa shape index (κ3) is 4.76. The molecule has 1 amide bonds. The molecule has 1 saturated carbocycles. The summed E-state index contributed by atoms with van der Waals surface area (Å²) >= 11 is 1.06. The molecule has 1 spiro atoms. The maximum atomic E-state index is 12.9. The van der Waals surface area contributed by atoms with E-state index in [1.807, 2.05) is 19.9 Å². The molecule has 1 aliphatic heterocycles. The average molecular weight is 516 g/mol. The highest BCUT2D eigenvalue weighted by Crippen LogP contribution is 2.48. The van der Waals surface area contributed by atoms with Crippen molar-refractivity contribution in [3.05, 3.63) is 52.7 Å². The third-order valence-corrected chi connectivity index (χ3v) is 8.29. The van der Waals surface area contributed by atoms with E-state index in [1.54, 1.807) is 24.3 Å². The topological polar surface area (TPSA) is 81.9 Å². The van der Waals surface area contributed by atoms with E-state index in [0.29, 0.717) is 21.6 Å². The van der Waals surface area contributed by atoms with Gasteiger partial charge in [0.1, 0.15) is 17.0 Å². The first-order valence-electron chi connectivity index (χ1n) is 11.8. The number of anilines is 1. The Kier molecular flexibility index (Phi) is 5.94. The van der Waals surface area contributed by atoms with Crippen molar-refractivity contribution in [2.45, 2.75) is 57.2 Å². The molecule has 2 aromatic heterocycles. The lowest BCUT2D eigenvalue weighted by Gasteiger charge is -2.49. The van der Waals surface area contributed by atoms with Crippen LogP contribution in [0.1, 0.15) is 55.3 Å². The minimum atomic E-state index is -4.26. The number of thiophene rings is 1. The number of carbonyl (C=O) groups excluding carboxylic acids is 1. The monoisotopic (exact) mass is 515 g/mol. The van der Waals surface area contributed by atoms with Crippen molar-refractivity contribution in [1.82, 2.24) is 15.3 Å². The van der Waals surface area contributed by atoms with E-state index in [0.717, 1.165) is 49.3 Å². The summed E-state index contributed by atoms with van der Waals surface area (Å²) in [5.74, 6) is 0.538. The highest BCUT2D eigenvalue weighted by molar-refractivity contribution is 7.18. The highest BCUT2D eigenvalue weighted by atomic mass is 32.1. The van der Waals surface area contributed by atoms with Gasteiger partial charge in [0.2, 0.25) is 0 Å². The minimum Gasteiger partial charge on any atom is -0.355 e. The van der Waals surface area contributed by atoms with Gasteiger partial charge in [-0.2, -0.15) is 18.4 Å². The lowest BCUT2D eigenvalue weighted by molar-refractivity contribution is -0.126. The number of aromatic nitrogens is 2. The number of rotatable bonds is 5. The fourth-order valence-corrected chi connectivity index (χ4v) is 6.36. The second-order valence-corrected chi connectivity index (χ2v) is 11.6. The molecule has 1 aliphatic carbocycles. The molecule has 2 aliphatic rings. The number of benzene rings is 1. The van der Waals surface area contributed by atoms with Gasteiger partial charge in [-0.3, -0.25) is 4.79 Å². The Bertz CT molecular complexity index is 1360. The maximum absolute atomic E-state index is 12.9. The normalized spacial score (nSPS) is 19.3. The Morgan fingerprint density at radius 1 is 1.31 bits per heavy atom. The quantitative estimate of drug-likeness (QED) is 0.476. The summed E-state index contributed by atoms with van der Waals surface area (Å²) in [6, 6.07) is 11.1. The average Bonchev–Trinajstić information content (AvgIpc) is 3.40. The Balaban J connectivity index is 0.00000320. The molecule has 1 saturated heterocycles. The van der Waals surface area contributed by atoms with Crippen LogP contribution in [0.3, 0.4) is 0 Å². The molecule has 190 valence electrons. The largest absolute Gasteiger partial charge is 0.393 e. The fourth-order valence-electron chi connectivity index (χ4n) is 5.34. The van der Waals surface area contributed by atoms with Gasteiger partial charge in [-0.15, -0.1) is 11.3 Å². The van der Waals surface area contributed by atoms with Crippen molar-refractivity contribution in [2.75, 3.05) is 18.0 Å². The van der Waals surface area contributed by atoms with E-state index in [-0.39, 0.29) is 23.7 Å². The van der Waals surface area contributed by atoms with Crippen LogP contribution in [0.15, 0.2) is 36.7 Å². The van der Waals surface area contributed by atoms with Crippen molar-refractivity contribution in [3.63, 3.8) is 0 Å². The van der Waals surface area contributed by atoms with Crippen LogP contribution in [-0.2, 0) is 11.8 Å². The molecule has 3 heterocycles. The molecule has 6 nitrogen and oxygen atoms in total. The van der Waals surface area contributed by atoms with Crippen molar-refractivity contribution >= 4 is 33.3 Å². The first-order valence-corrected chi connectivity index (χ1v) is 12.7. The number of carbonyl (C=O) groups is 1. The SMILES string of the molecule is CC(C)(C#N)c1cccc(C(=O)NC2CCC3(C2)CN(c2ncnc4sc(CC(F)(F)F)cc24)C3)c1.[HH]. The first kappa shape index (κ1) is 24.5. The van der Waals surface area contributed by atoms with Gasteiger partial charge in [0, 0.05) is 36.4 Å². The summed E-state index contributed by atoms with van der Waals surface area (Å²) in [7, 11) is 0. The van der Waals surface area contributed by atoms with Crippen LogP contribution in [-0.4, -0.2) is 41.2 Å². The molecule has 10 heteroatoms. The van der Waals surface area contributed by atoms with E-state index in [9.17, 15) is 23.2 Å². The lowest BCUT2D eigenvalue weighted by atomic mass is 9.78. The highest BCUT2D eigenvalue weighted by Gasteiger charge is 2.49. The second-order valence-electron chi connectivity index (χ2n) is 10.5. The number of halogens is 3. The van der Waals surface area contributed by atoms with Gasteiger partial charge >= 0.3 is 6.18 Å². The van der Waals surface area contributed by atoms with E-state index in [4.69, 9.17) is 0 Å². The molecule has 36 heavy (non-hydrogen) atoms. The smallest absolute Gasteiger partial charge is 0.355 e. The number of nitrogens with zero attached hydrogens (tertiary/aromatic N) is 4. The molecule has 3 aromatic rings. The van der Waals surface area contributed by atoms with Crippen LogP contribution in [0, 0.1) is 16.7 Å². The third-order valence-electron chi connectivity index (χ3n) is 7.25. The predicted octanol–water partition coefficient (Wildman–Crippen LogP) is 5.63. The van der Waals surface area contributed by atoms with Gasteiger partial charge in [0.05, 0.1) is 23.3 Å². The zero-order valence-corrected chi connectivity index (χ0v) is 20.8. The van der Waals surface area contributed by atoms with Crippen LogP contribution in [0.2, 0.25) is 0 Å². The van der Waals surface area contributed by atoms with Crippen LogP contribution in [0.5, 0.6) is 0 Å². The molecule has 1 atom stereocenters. The lowest BCUT2D eigenvalue weighted by Crippen LogP contribution is -2.56. The molecular formula is C26H28F3N5OS. The molecule has 5 rings (SSSR count). The summed E-state index contributed by atoms with van der Waals surface area (Å²) in [6.07, 6.45) is -1.13. The Labute approximate surface area is 212 Å². The molecule has 0 radical (unpaired) electrons. The number of hydrogen-bond acceptors (Lipinski definition) is 6. The molecule has 1 N–H and O–H groups in total. The predicted molar refractivity (Wildman–Crippen MR) is 134 cm³/mol. The molecule has 0 bridgehead atoms. The van der Waals surface area contributed by atoms with Gasteiger partial charge < -0.3 is 10.2 Å². The van der Waals surface area contributed by atoms with Crippen LogP contribution < -0.4 is 10.2 Å². The summed E-state index contributed by atoms with van der Waals surface area (Å²) in [5, 5.41) is 13.2. The zero-order valence-electron chi connectivity index (χ0n) is 20.0. The molecular weight excluding hydrogens is 487 g/mol. The zero-order chi connectivity index (χ0) is 25.7. The second kappa shape index (κ2) is 8.73. The van der Waals surface area contributed by atoms with Gasteiger partial charge in [-0.1, -0.05) is 12.1 Å². The Morgan fingerprint density at radius 3 is 2.81 bits per heavy atom. The number of fused-ring (bicyclic) bond motifs is 1. The van der Waals surface area contributed by atoms with Gasteiger partial charge in [0.25, 0.3) is 5.91 Å². The number of nitriles is 1. The Morgan fingerprint density at radius 2 is 2.08 bits per heavy atom. The standard InChI is InChI=1S/C26H26F3N5OS.H2/c1-24(2,12-30)17-5-3-4-16(8-17)22(35)33-18-6-7-25(10-18)13-34(14-25)21-20-9-19(11-26(27,28)29)36-23(20)32-15-31-21;/h3-5,8-9,15,18H,6-7,10-11,13-14H2,1-2H3,(H,33,35);1H. The number of amides is 1. The molecule has 1 aromatic carbocycles. The van der Waals surface area contributed by atoms with Crippen LogP contribution in [0.4, 0.5) is 19.0 Å². The Hall–Kier alpha value is -3.19. The minimum absolute atomic E-state index is 0. The van der Waals surface area contributed by atoms with E-state index >= 15 is 0 Å². The summed E-state index contributed by atoms with van der Waals surface area (Å²) in [4.78, 5) is 24.4. The van der Waals surface area contributed by atoms with Gasteiger partial charge in [-0.25, -0.2) is 9.97 Å². The van der Waals surface area contributed by atoms with Crippen LogP contribution in [0.25, 0.3) is 10.2 Å². The molecule has 1 unspecified atom stereocenters. The van der Waals surface area contributed by atoms with E-state index in [2.05, 4.69) is 26.3 Å². The van der Waals surface area contributed by atoms with E-state index < -0.39 is 18.0 Å². The van der Waals surface area contributed by atoms with Gasteiger partial charge in [0.15, 0.2) is 0 Å². The molecule has 2 fully saturated rings. The summed E-state index contributed by atoms with van der Waals surface area (Å²) in [6.45, 7) is 5.15. The maximum Gasteiger partial charge on any atom is 0.393 e. The van der Waals surface area contributed by atoms with Crippen LogP contribution >= 0.6 is 11.3 Å². The van der Waals surface area contributed by atoms with Crippen molar-refractivity contribution in [1.29, 1.82) is 5.26 Å². The van der Waals surface area contributed by atoms with E-state index in [1.165, 1.54) is 6.33 Å². The number of nitrogens with one attached hydrogen (secondary N) is 1. The first-order chi connectivity index (χ1) is 17.0. The summed E-state index contributed by atoms with van der Waals surface area (Å²) in [5.41, 5.74) is 0.733. The van der Waals surface area contributed by atoms with Crippen molar-refractivity contribution < 1.29 is 19.4 Å². The van der Waals surface area contributed by atoms with Gasteiger partial charge in [-0.05, 0) is 56.9 Å². The van der Waals surface area contributed by atoms with Crippen molar-refractivity contribution in [3.8, 4) is 6.07 Å². The fraction of sp³-hybridized carbons (Fsp3) is 0.462.